The summed E-state index contributed by atoms with van der Waals surface area (Å²) in [4.78, 5) is 5.48. The van der Waals surface area contributed by atoms with Gasteiger partial charge in [-0.15, -0.1) is 0 Å². The zero-order valence-electron chi connectivity index (χ0n) is 9.37. The average molecular weight is 241 g/mol. The molecule has 0 saturated heterocycles. The molecular weight excluding hydrogens is 230 g/mol. The van der Waals surface area contributed by atoms with E-state index in [4.69, 9.17) is 5.26 Å². The molecule has 84 valence electrons. The quantitative estimate of drug-likeness (QED) is 0.775. The number of nitriles is 1. The van der Waals surface area contributed by atoms with Crippen molar-refractivity contribution in [2.45, 2.75) is 10.1 Å². The first-order valence-corrected chi connectivity index (χ1v) is 5.93. The van der Waals surface area contributed by atoms with Crippen LogP contribution >= 0.6 is 11.8 Å². The molecule has 1 aromatic carbocycles. The molecule has 0 radical (unpaired) electrons. The fraction of sp³-hybridized carbons (Fsp3) is 0.0769. The highest BCUT2D eigenvalue weighted by atomic mass is 32.2. The van der Waals surface area contributed by atoms with Crippen LogP contribution in [0.3, 0.4) is 0 Å². The molecule has 2 rings (SSSR count). The summed E-state index contributed by atoms with van der Waals surface area (Å²) in [6, 6.07) is 12.1. The first-order chi connectivity index (χ1) is 8.31. The molecule has 0 unspecified atom stereocenters. The van der Waals surface area contributed by atoms with E-state index in [1.165, 1.54) is 6.08 Å². The predicted molar refractivity (Wildman–Crippen MR) is 68.4 cm³/mol. The van der Waals surface area contributed by atoms with Crippen LogP contribution in [0.15, 0.2) is 52.7 Å². The summed E-state index contributed by atoms with van der Waals surface area (Å²) in [6.07, 6.45) is 4.97. The molecule has 3 nitrogen and oxygen atoms in total. The lowest BCUT2D eigenvalue weighted by atomic mass is 10.4. The molecule has 0 aliphatic heterocycles. The van der Waals surface area contributed by atoms with Gasteiger partial charge in [0.2, 0.25) is 0 Å². The van der Waals surface area contributed by atoms with Crippen LogP contribution in [0, 0.1) is 11.3 Å². The fourth-order valence-corrected chi connectivity index (χ4v) is 2.22. The van der Waals surface area contributed by atoms with Gasteiger partial charge in [0.1, 0.15) is 0 Å². The normalized spacial score (nSPS) is 10.6. The second-order valence-corrected chi connectivity index (χ2v) is 4.44. The summed E-state index contributed by atoms with van der Waals surface area (Å²) in [5.41, 5.74) is 0.921. The molecule has 4 heteroatoms. The van der Waals surface area contributed by atoms with Gasteiger partial charge in [-0.05, 0) is 18.2 Å². The Labute approximate surface area is 104 Å². The van der Waals surface area contributed by atoms with Crippen LogP contribution in [0.2, 0.25) is 0 Å². The second kappa shape index (κ2) is 5.37. The van der Waals surface area contributed by atoms with Gasteiger partial charge in [-0.1, -0.05) is 30.0 Å². The zero-order valence-corrected chi connectivity index (χ0v) is 10.2. The number of hydrogen-bond donors (Lipinski definition) is 0. The van der Waals surface area contributed by atoms with E-state index >= 15 is 0 Å². The van der Waals surface area contributed by atoms with E-state index in [-0.39, 0.29) is 0 Å². The summed E-state index contributed by atoms with van der Waals surface area (Å²) >= 11 is 1.60. The van der Waals surface area contributed by atoms with Gasteiger partial charge in [0.05, 0.1) is 18.0 Å². The van der Waals surface area contributed by atoms with E-state index < -0.39 is 0 Å². The zero-order chi connectivity index (χ0) is 12.1. The average Bonchev–Trinajstić information content (AvgIpc) is 2.70. The molecule has 0 saturated carbocycles. The lowest BCUT2D eigenvalue weighted by Crippen LogP contribution is -1.92. The highest BCUT2D eigenvalue weighted by molar-refractivity contribution is 7.99. The number of hydrogen-bond acceptors (Lipinski definition) is 3. The lowest BCUT2D eigenvalue weighted by Gasteiger charge is -2.02. The maximum absolute atomic E-state index is 8.49. The summed E-state index contributed by atoms with van der Waals surface area (Å²) < 4.78 is 1.96. The SMILES string of the molecule is Cn1c(/C=C\C#N)cnc1Sc1ccccc1. The van der Waals surface area contributed by atoms with E-state index in [2.05, 4.69) is 4.98 Å². The van der Waals surface area contributed by atoms with Crippen molar-refractivity contribution in [3.8, 4) is 6.07 Å². The van der Waals surface area contributed by atoms with Crippen molar-refractivity contribution < 1.29 is 0 Å². The van der Waals surface area contributed by atoms with Gasteiger partial charge in [0.15, 0.2) is 5.16 Å². The number of allylic oxidation sites excluding steroid dienone is 1. The van der Waals surface area contributed by atoms with Crippen LogP contribution in [0.1, 0.15) is 5.69 Å². The Morgan fingerprint density at radius 1 is 1.35 bits per heavy atom. The van der Waals surface area contributed by atoms with Crippen LogP contribution in [0.25, 0.3) is 6.08 Å². The highest BCUT2D eigenvalue weighted by Gasteiger charge is 2.05. The fourth-order valence-electron chi connectivity index (χ4n) is 1.37. The smallest absolute Gasteiger partial charge is 0.173 e. The molecule has 0 bridgehead atoms. The van der Waals surface area contributed by atoms with E-state index in [9.17, 15) is 0 Å². The molecule has 0 amide bonds. The second-order valence-electron chi connectivity index (χ2n) is 3.40. The van der Waals surface area contributed by atoms with Crippen molar-refractivity contribution in [3.05, 3.63) is 48.3 Å². The van der Waals surface area contributed by atoms with Crippen LogP contribution in [-0.2, 0) is 7.05 Å². The number of benzene rings is 1. The molecule has 17 heavy (non-hydrogen) atoms. The molecule has 0 fully saturated rings. The topological polar surface area (TPSA) is 41.6 Å². The van der Waals surface area contributed by atoms with Crippen molar-refractivity contribution in [1.82, 2.24) is 9.55 Å². The van der Waals surface area contributed by atoms with Gasteiger partial charge >= 0.3 is 0 Å². The Balaban J connectivity index is 2.21. The molecule has 0 aliphatic rings. The predicted octanol–water partition coefficient (Wildman–Crippen LogP) is 3.11. The number of rotatable bonds is 3. The minimum atomic E-state index is 0.911. The van der Waals surface area contributed by atoms with Crippen LogP contribution in [-0.4, -0.2) is 9.55 Å². The van der Waals surface area contributed by atoms with E-state index in [1.807, 2.05) is 48.0 Å². The van der Waals surface area contributed by atoms with E-state index in [1.54, 1.807) is 24.0 Å². The van der Waals surface area contributed by atoms with Crippen LogP contribution in [0.4, 0.5) is 0 Å². The van der Waals surface area contributed by atoms with Crippen molar-refractivity contribution in [2.24, 2.45) is 7.05 Å². The minimum Gasteiger partial charge on any atom is -0.322 e. The monoisotopic (exact) mass is 241 g/mol. The largest absolute Gasteiger partial charge is 0.322 e. The summed E-state index contributed by atoms with van der Waals surface area (Å²) in [5, 5.41) is 9.40. The lowest BCUT2D eigenvalue weighted by molar-refractivity contribution is 0.783. The van der Waals surface area contributed by atoms with E-state index in [0.717, 1.165) is 15.7 Å². The molecule has 0 spiro atoms. The number of aromatic nitrogens is 2. The number of nitrogens with zero attached hydrogens (tertiary/aromatic N) is 3. The molecule has 1 aromatic heterocycles. The molecule has 0 atom stereocenters. The Kier molecular flexibility index (Phi) is 3.63. The van der Waals surface area contributed by atoms with Crippen molar-refractivity contribution in [1.29, 1.82) is 5.26 Å². The van der Waals surface area contributed by atoms with Crippen LogP contribution < -0.4 is 0 Å². The third-order valence-corrected chi connectivity index (χ3v) is 3.33. The Hall–Kier alpha value is -1.99. The van der Waals surface area contributed by atoms with Gasteiger partial charge in [0.25, 0.3) is 0 Å². The molecule has 0 N–H and O–H groups in total. The maximum Gasteiger partial charge on any atom is 0.173 e. The summed E-state index contributed by atoms with van der Waals surface area (Å²) in [5.74, 6) is 0. The Morgan fingerprint density at radius 3 is 2.82 bits per heavy atom. The molecule has 1 heterocycles. The van der Waals surface area contributed by atoms with Gasteiger partial charge in [0, 0.05) is 18.0 Å². The van der Waals surface area contributed by atoms with E-state index in [0.29, 0.717) is 0 Å². The number of imidazole rings is 1. The van der Waals surface area contributed by atoms with Gasteiger partial charge < -0.3 is 4.57 Å². The Bertz CT molecular complexity index is 564. The third kappa shape index (κ3) is 2.77. The van der Waals surface area contributed by atoms with Gasteiger partial charge in [-0.3, -0.25) is 0 Å². The first kappa shape index (κ1) is 11.5. The summed E-state index contributed by atoms with van der Waals surface area (Å²) in [7, 11) is 1.94. The molecular formula is C13H11N3S. The minimum absolute atomic E-state index is 0.911. The van der Waals surface area contributed by atoms with Crippen molar-refractivity contribution >= 4 is 17.8 Å². The molecule has 2 aromatic rings. The third-order valence-electron chi connectivity index (χ3n) is 2.26. The standard InChI is InChI=1S/C13H11N3S/c1-16-11(6-5-9-14)10-15-13(16)17-12-7-3-2-4-8-12/h2-8,10H,1H3/b6-5-. The van der Waals surface area contributed by atoms with Gasteiger partial charge in [-0.2, -0.15) is 5.26 Å². The van der Waals surface area contributed by atoms with Gasteiger partial charge in [-0.25, -0.2) is 4.98 Å². The van der Waals surface area contributed by atoms with Crippen molar-refractivity contribution in [3.63, 3.8) is 0 Å². The van der Waals surface area contributed by atoms with Crippen molar-refractivity contribution in [2.75, 3.05) is 0 Å². The first-order valence-electron chi connectivity index (χ1n) is 5.12. The van der Waals surface area contributed by atoms with Crippen LogP contribution in [0.5, 0.6) is 0 Å². The summed E-state index contributed by atoms with van der Waals surface area (Å²) in [6.45, 7) is 0. The Morgan fingerprint density at radius 2 is 2.12 bits per heavy atom. The highest BCUT2D eigenvalue weighted by Crippen LogP contribution is 2.26. The maximum atomic E-state index is 8.49. The molecule has 0 aliphatic carbocycles.